The molecule has 3 fully saturated rings. The van der Waals surface area contributed by atoms with Crippen LogP contribution in [-0.4, -0.2) is 12.1 Å². The topological polar surface area (TPSA) is 26.3 Å². The molecule has 2 aliphatic carbocycles. The number of rotatable bonds is 5. The molecular weight excluding hydrogens is 224 g/mol. The molecule has 0 radical (unpaired) electrons. The molecule has 0 aromatic rings. The molecule has 0 bridgehead atoms. The van der Waals surface area contributed by atoms with Gasteiger partial charge in [-0.15, -0.1) is 0 Å². The van der Waals surface area contributed by atoms with Crippen LogP contribution in [0.5, 0.6) is 0 Å². The Morgan fingerprint density at radius 1 is 0.889 bits per heavy atom. The zero-order valence-electron chi connectivity index (χ0n) is 11.4. The molecule has 2 heteroatoms. The molecule has 2 nitrogen and oxygen atoms in total. The lowest BCUT2D eigenvalue weighted by Gasteiger charge is -2.37. The SMILES string of the molecule is O=C1O[C@@H](CCC2CCCC2)[C@H]1CC1CCCC1. The van der Waals surface area contributed by atoms with Gasteiger partial charge in [-0.25, -0.2) is 0 Å². The summed E-state index contributed by atoms with van der Waals surface area (Å²) in [5.74, 6) is 2.10. The minimum Gasteiger partial charge on any atom is -0.461 e. The summed E-state index contributed by atoms with van der Waals surface area (Å²) in [4.78, 5) is 11.6. The predicted octanol–water partition coefficient (Wildman–Crippen LogP) is 4.08. The fraction of sp³-hybridized carbons (Fsp3) is 0.938. The third-order valence-corrected chi connectivity index (χ3v) is 5.42. The largest absolute Gasteiger partial charge is 0.461 e. The zero-order chi connectivity index (χ0) is 12.4. The molecule has 0 amide bonds. The monoisotopic (exact) mass is 250 g/mol. The quantitative estimate of drug-likeness (QED) is 0.687. The molecule has 2 atom stereocenters. The van der Waals surface area contributed by atoms with Crippen LogP contribution >= 0.6 is 0 Å². The Bertz CT molecular complexity index is 287. The van der Waals surface area contributed by atoms with E-state index in [0.29, 0.717) is 0 Å². The van der Waals surface area contributed by atoms with E-state index < -0.39 is 0 Å². The molecule has 3 aliphatic rings. The van der Waals surface area contributed by atoms with E-state index in [1.54, 1.807) is 0 Å². The summed E-state index contributed by atoms with van der Waals surface area (Å²) >= 11 is 0. The van der Waals surface area contributed by atoms with E-state index in [2.05, 4.69) is 0 Å². The summed E-state index contributed by atoms with van der Waals surface area (Å²) in [6.45, 7) is 0. The molecule has 0 aromatic heterocycles. The van der Waals surface area contributed by atoms with Crippen LogP contribution in [0.25, 0.3) is 0 Å². The van der Waals surface area contributed by atoms with Gasteiger partial charge in [-0.2, -0.15) is 0 Å². The second-order valence-electron chi connectivity index (χ2n) is 6.70. The third-order valence-electron chi connectivity index (χ3n) is 5.42. The smallest absolute Gasteiger partial charge is 0.313 e. The summed E-state index contributed by atoms with van der Waals surface area (Å²) in [7, 11) is 0. The van der Waals surface area contributed by atoms with Crippen LogP contribution in [0.2, 0.25) is 0 Å². The first-order valence-corrected chi connectivity index (χ1v) is 8.03. The van der Waals surface area contributed by atoms with Crippen LogP contribution < -0.4 is 0 Å². The van der Waals surface area contributed by atoms with Crippen molar-refractivity contribution < 1.29 is 9.53 Å². The fourth-order valence-electron chi connectivity index (χ4n) is 4.21. The molecule has 3 rings (SSSR count). The lowest BCUT2D eigenvalue weighted by molar-refractivity contribution is -0.187. The number of carbonyl (C=O) groups excluding carboxylic acids is 1. The van der Waals surface area contributed by atoms with Crippen molar-refractivity contribution in [1.82, 2.24) is 0 Å². The summed E-state index contributed by atoms with van der Waals surface area (Å²) in [6, 6.07) is 0. The maximum Gasteiger partial charge on any atom is 0.313 e. The molecule has 0 spiro atoms. The Morgan fingerprint density at radius 3 is 2.11 bits per heavy atom. The van der Waals surface area contributed by atoms with Gasteiger partial charge >= 0.3 is 5.97 Å². The van der Waals surface area contributed by atoms with E-state index in [1.807, 2.05) is 0 Å². The van der Waals surface area contributed by atoms with Gasteiger partial charge in [0.2, 0.25) is 0 Å². The van der Waals surface area contributed by atoms with Gasteiger partial charge in [0.1, 0.15) is 6.10 Å². The number of carbonyl (C=O) groups is 1. The van der Waals surface area contributed by atoms with Gasteiger partial charge in [-0.05, 0) is 31.1 Å². The molecule has 0 unspecified atom stereocenters. The van der Waals surface area contributed by atoms with Crippen molar-refractivity contribution in [2.75, 3.05) is 0 Å². The van der Waals surface area contributed by atoms with E-state index >= 15 is 0 Å². The molecule has 1 saturated heterocycles. The van der Waals surface area contributed by atoms with Crippen LogP contribution in [0.15, 0.2) is 0 Å². The van der Waals surface area contributed by atoms with Gasteiger partial charge < -0.3 is 4.74 Å². The first-order chi connectivity index (χ1) is 8.83. The summed E-state index contributed by atoms with van der Waals surface area (Å²) < 4.78 is 5.38. The van der Waals surface area contributed by atoms with Crippen LogP contribution in [0.1, 0.15) is 70.6 Å². The summed E-state index contributed by atoms with van der Waals surface area (Å²) in [5.41, 5.74) is 0. The molecule has 18 heavy (non-hydrogen) atoms. The van der Waals surface area contributed by atoms with Crippen molar-refractivity contribution in [3.8, 4) is 0 Å². The van der Waals surface area contributed by atoms with E-state index in [0.717, 1.165) is 24.7 Å². The van der Waals surface area contributed by atoms with Crippen LogP contribution in [0.4, 0.5) is 0 Å². The fourth-order valence-corrected chi connectivity index (χ4v) is 4.21. The maximum absolute atomic E-state index is 11.6. The maximum atomic E-state index is 11.6. The van der Waals surface area contributed by atoms with Crippen molar-refractivity contribution >= 4 is 5.97 Å². The van der Waals surface area contributed by atoms with Gasteiger partial charge in [0.15, 0.2) is 0 Å². The number of esters is 1. The molecule has 1 aliphatic heterocycles. The van der Waals surface area contributed by atoms with E-state index in [1.165, 1.54) is 57.8 Å². The highest BCUT2D eigenvalue weighted by Gasteiger charge is 2.43. The summed E-state index contributed by atoms with van der Waals surface area (Å²) in [6.07, 6.45) is 14.9. The van der Waals surface area contributed by atoms with Gasteiger partial charge in [0.25, 0.3) is 0 Å². The van der Waals surface area contributed by atoms with Gasteiger partial charge in [-0.1, -0.05) is 51.4 Å². The van der Waals surface area contributed by atoms with Crippen molar-refractivity contribution in [1.29, 1.82) is 0 Å². The normalized spacial score (nSPS) is 33.7. The van der Waals surface area contributed by atoms with Gasteiger partial charge in [0.05, 0.1) is 5.92 Å². The highest BCUT2D eigenvalue weighted by atomic mass is 16.6. The average molecular weight is 250 g/mol. The number of cyclic esters (lactones) is 1. The minimum absolute atomic E-state index is 0.0957. The first kappa shape index (κ1) is 12.5. The highest BCUT2D eigenvalue weighted by molar-refractivity contribution is 5.78. The molecule has 2 saturated carbocycles. The van der Waals surface area contributed by atoms with Gasteiger partial charge in [-0.3, -0.25) is 4.79 Å². The molecule has 0 aromatic carbocycles. The third kappa shape index (κ3) is 2.73. The molecule has 0 N–H and O–H groups in total. The van der Waals surface area contributed by atoms with E-state index in [-0.39, 0.29) is 18.0 Å². The Balaban J connectivity index is 1.42. The van der Waals surface area contributed by atoms with Crippen molar-refractivity contribution in [3.05, 3.63) is 0 Å². The van der Waals surface area contributed by atoms with Crippen LogP contribution in [0, 0.1) is 17.8 Å². The molecule has 1 heterocycles. The lowest BCUT2D eigenvalue weighted by atomic mass is 9.83. The Kier molecular flexibility index (Phi) is 3.91. The highest BCUT2D eigenvalue weighted by Crippen LogP contribution is 2.39. The number of hydrogen-bond acceptors (Lipinski definition) is 2. The molecule has 102 valence electrons. The van der Waals surface area contributed by atoms with E-state index in [4.69, 9.17) is 4.74 Å². The Morgan fingerprint density at radius 2 is 1.50 bits per heavy atom. The Hall–Kier alpha value is -0.530. The second-order valence-corrected chi connectivity index (χ2v) is 6.70. The molecular formula is C16H26O2. The van der Waals surface area contributed by atoms with Crippen LogP contribution in [-0.2, 0) is 9.53 Å². The average Bonchev–Trinajstić information content (AvgIpc) is 3.04. The Labute approximate surface area is 110 Å². The predicted molar refractivity (Wildman–Crippen MR) is 71.1 cm³/mol. The van der Waals surface area contributed by atoms with Crippen molar-refractivity contribution in [3.63, 3.8) is 0 Å². The first-order valence-electron chi connectivity index (χ1n) is 8.03. The zero-order valence-corrected chi connectivity index (χ0v) is 11.4. The number of ether oxygens (including phenoxy) is 1. The standard InChI is InChI=1S/C16H26O2/c17-16-14(11-13-7-3-4-8-13)15(18-16)10-9-12-5-1-2-6-12/h12-15H,1-11H2/t14-,15+/m1/s1. The van der Waals surface area contributed by atoms with E-state index in [9.17, 15) is 4.79 Å². The van der Waals surface area contributed by atoms with Gasteiger partial charge in [0, 0.05) is 0 Å². The lowest BCUT2D eigenvalue weighted by Crippen LogP contribution is -2.46. The second kappa shape index (κ2) is 5.63. The number of hydrogen-bond donors (Lipinski definition) is 0. The van der Waals surface area contributed by atoms with Crippen molar-refractivity contribution in [2.24, 2.45) is 17.8 Å². The van der Waals surface area contributed by atoms with Crippen LogP contribution in [0.3, 0.4) is 0 Å². The van der Waals surface area contributed by atoms with Crippen molar-refractivity contribution in [2.45, 2.75) is 76.7 Å². The summed E-state index contributed by atoms with van der Waals surface area (Å²) in [5, 5.41) is 0. The minimum atomic E-state index is 0.0957.